The number of nitrogens with zero attached hydrogens (tertiary/aromatic N) is 3. The van der Waals surface area contributed by atoms with E-state index in [2.05, 4.69) is 76.1 Å². The van der Waals surface area contributed by atoms with Crippen molar-refractivity contribution in [2.24, 2.45) is 0 Å². The van der Waals surface area contributed by atoms with Crippen LogP contribution in [0.5, 0.6) is 0 Å². The average molecular weight is 305 g/mol. The number of hydrogen-bond donors (Lipinski definition) is 0. The monoisotopic (exact) mass is 305 g/mol. The summed E-state index contributed by atoms with van der Waals surface area (Å²) in [5.74, 6) is 0. The molecule has 0 saturated heterocycles. The van der Waals surface area contributed by atoms with Crippen LogP contribution in [0.2, 0.25) is 0 Å². The van der Waals surface area contributed by atoms with Crippen molar-refractivity contribution in [3.05, 3.63) is 63.8 Å². The maximum absolute atomic E-state index is 4.43. The van der Waals surface area contributed by atoms with Crippen molar-refractivity contribution in [2.75, 3.05) is 0 Å². The van der Waals surface area contributed by atoms with Crippen molar-refractivity contribution >= 4 is 0 Å². The Bertz CT molecular complexity index is 770. The van der Waals surface area contributed by atoms with Gasteiger partial charge in [0.15, 0.2) is 0 Å². The number of benzene rings is 2. The van der Waals surface area contributed by atoms with Crippen molar-refractivity contribution in [1.82, 2.24) is 15.0 Å². The largest absolute Gasteiger partial charge is 0.220 e. The first-order chi connectivity index (χ1) is 10.9. The van der Waals surface area contributed by atoms with E-state index in [1.807, 2.05) is 10.9 Å². The SMILES string of the molecule is Cc1cc(C)c(-c2cn(-c3c(C)cc(C)cc3C)nn2)c(C)c1. The van der Waals surface area contributed by atoms with Crippen LogP contribution in [0.15, 0.2) is 30.5 Å². The van der Waals surface area contributed by atoms with Gasteiger partial charge in [-0.05, 0) is 63.8 Å². The van der Waals surface area contributed by atoms with Gasteiger partial charge in [0, 0.05) is 5.56 Å². The standard InChI is InChI=1S/C20H23N3/c1-12-7-14(3)19(15(4)8-12)18-11-23(22-21-18)20-16(5)9-13(2)10-17(20)6/h7-11H,1-6H3. The first-order valence-electron chi connectivity index (χ1n) is 7.95. The predicted molar refractivity (Wildman–Crippen MR) is 95.2 cm³/mol. The summed E-state index contributed by atoms with van der Waals surface area (Å²) in [7, 11) is 0. The van der Waals surface area contributed by atoms with Gasteiger partial charge < -0.3 is 0 Å². The molecule has 3 heteroatoms. The van der Waals surface area contributed by atoms with E-state index in [1.165, 1.54) is 38.9 Å². The van der Waals surface area contributed by atoms with Crippen molar-refractivity contribution in [1.29, 1.82) is 0 Å². The molecule has 1 heterocycles. The van der Waals surface area contributed by atoms with Crippen LogP contribution in [0.25, 0.3) is 16.9 Å². The third kappa shape index (κ3) is 2.79. The molecule has 1 aromatic heterocycles. The Morgan fingerprint density at radius 3 is 1.70 bits per heavy atom. The zero-order valence-corrected chi connectivity index (χ0v) is 14.7. The maximum Gasteiger partial charge on any atom is 0.114 e. The second-order valence-electron chi connectivity index (χ2n) is 6.57. The minimum absolute atomic E-state index is 0.930. The summed E-state index contributed by atoms with van der Waals surface area (Å²) in [6.45, 7) is 12.8. The second-order valence-corrected chi connectivity index (χ2v) is 6.57. The molecule has 0 radical (unpaired) electrons. The molecule has 3 nitrogen and oxygen atoms in total. The second kappa shape index (κ2) is 5.65. The van der Waals surface area contributed by atoms with Crippen LogP contribution in [0.1, 0.15) is 33.4 Å². The van der Waals surface area contributed by atoms with Crippen LogP contribution < -0.4 is 0 Å². The van der Waals surface area contributed by atoms with Gasteiger partial charge in [-0.25, -0.2) is 4.68 Å². The zero-order chi connectivity index (χ0) is 16.7. The highest BCUT2D eigenvalue weighted by molar-refractivity contribution is 5.67. The molecular formula is C20H23N3. The third-order valence-electron chi connectivity index (χ3n) is 4.29. The van der Waals surface area contributed by atoms with Gasteiger partial charge in [0.25, 0.3) is 0 Å². The Morgan fingerprint density at radius 2 is 1.17 bits per heavy atom. The summed E-state index contributed by atoms with van der Waals surface area (Å²) >= 11 is 0. The molecule has 0 unspecified atom stereocenters. The highest BCUT2D eigenvalue weighted by atomic mass is 15.4. The lowest BCUT2D eigenvalue weighted by molar-refractivity contribution is 0.793. The van der Waals surface area contributed by atoms with E-state index in [9.17, 15) is 0 Å². The molecule has 0 atom stereocenters. The minimum atomic E-state index is 0.930. The number of aromatic nitrogens is 3. The normalized spacial score (nSPS) is 11.0. The lowest BCUT2D eigenvalue weighted by Crippen LogP contribution is -2.01. The van der Waals surface area contributed by atoms with Gasteiger partial charge in [-0.15, -0.1) is 5.10 Å². The van der Waals surface area contributed by atoms with Crippen LogP contribution in [0, 0.1) is 41.5 Å². The van der Waals surface area contributed by atoms with Gasteiger partial charge >= 0.3 is 0 Å². The van der Waals surface area contributed by atoms with Crippen molar-refractivity contribution in [2.45, 2.75) is 41.5 Å². The van der Waals surface area contributed by atoms with E-state index in [0.717, 1.165) is 11.4 Å². The molecule has 2 aromatic carbocycles. The van der Waals surface area contributed by atoms with Crippen molar-refractivity contribution < 1.29 is 0 Å². The van der Waals surface area contributed by atoms with Crippen LogP contribution in [-0.2, 0) is 0 Å². The molecule has 3 aromatic rings. The topological polar surface area (TPSA) is 30.7 Å². The summed E-state index contributed by atoms with van der Waals surface area (Å²) in [5.41, 5.74) is 10.7. The fraction of sp³-hybridized carbons (Fsp3) is 0.300. The Kier molecular flexibility index (Phi) is 3.80. The molecule has 0 bridgehead atoms. The van der Waals surface area contributed by atoms with Crippen LogP contribution >= 0.6 is 0 Å². The molecule has 0 N–H and O–H groups in total. The first-order valence-corrected chi connectivity index (χ1v) is 7.95. The summed E-state index contributed by atoms with van der Waals surface area (Å²) in [4.78, 5) is 0. The summed E-state index contributed by atoms with van der Waals surface area (Å²) in [6.07, 6.45) is 2.04. The minimum Gasteiger partial charge on any atom is -0.220 e. The van der Waals surface area contributed by atoms with Crippen molar-refractivity contribution in [3.63, 3.8) is 0 Å². The Labute approximate surface area is 138 Å². The highest BCUT2D eigenvalue weighted by Crippen LogP contribution is 2.28. The van der Waals surface area contributed by atoms with E-state index >= 15 is 0 Å². The van der Waals surface area contributed by atoms with E-state index in [0.29, 0.717) is 0 Å². The van der Waals surface area contributed by atoms with Gasteiger partial charge in [-0.3, -0.25) is 0 Å². The Morgan fingerprint density at radius 1 is 0.696 bits per heavy atom. The van der Waals surface area contributed by atoms with Crippen LogP contribution in [-0.4, -0.2) is 15.0 Å². The molecule has 0 aliphatic rings. The third-order valence-corrected chi connectivity index (χ3v) is 4.29. The van der Waals surface area contributed by atoms with Crippen LogP contribution in [0.4, 0.5) is 0 Å². The molecule has 118 valence electrons. The maximum atomic E-state index is 4.43. The van der Waals surface area contributed by atoms with Gasteiger partial charge in [0.1, 0.15) is 5.69 Å². The Hall–Kier alpha value is -2.42. The molecule has 23 heavy (non-hydrogen) atoms. The van der Waals surface area contributed by atoms with Crippen LogP contribution in [0.3, 0.4) is 0 Å². The van der Waals surface area contributed by atoms with Gasteiger partial charge in [-0.2, -0.15) is 0 Å². The molecule has 0 spiro atoms. The molecule has 0 aliphatic heterocycles. The highest BCUT2D eigenvalue weighted by Gasteiger charge is 2.13. The predicted octanol–water partition coefficient (Wildman–Crippen LogP) is 4.78. The van der Waals surface area contributed by atoms with Gasteiger partial charge in [-0.1, -0.05) is 40.6 Å². The molecule has 0 saturated carbocycles. The molecule has 0 fully saturated rings. The van der Waals surface area contributed by atoms with E-state index in [-0.39, 0.29) is 0 Å². The van der Waals surface area contributed by atoms with E-state index < -0.39 is 0 Å². The van der Waals surface area contributed by atoms with Gasteiger partial charge in [0.05, 0.1) is 11.9 Å². The lowest BCUT2D eigenvalue weighted by Gasteiger charge is -2.10. The molecule has 0 aliphatic carbocycles. The summed E-state index contributed by atoms with van der Waals surface area (Å²) in [5, 5.41) is 8.82. The summed E-state index contributed by atoms with van der Waals surface area (Å²) in [6, 6.07) is 8.77. The average Bonchev–Trinajstić information content (AvgIpc) is 2.85. The first kappa shape index (κ1) is 15.5. The number of aryl methyl sites for hydroxylation is 6. The quantitative estimate of drug-likeness (QED) is 0.682. The lowest BCUT2D eigenvalue weighted by atomic mass is 9.98. The zero-order valence-electron chi connectivity index (χ0n) is 14.7. The molecule has 3 rings (SSSR count). The van der Waals surface area contributed by atoms with E-state index in [1.54, 1.807) is 0 Å². The summed E-state index contributed by atoms with van der Waals surface area (Å²) < 4.78 is 1.90. The van der Waals surface area contributed by atoms with Crippen molar-refractivity contribution in [3.8, 4) is 16.9 Å². The fourth-order valence-corrected chi connectivity index (χ4v) is 3.61. The molecule has 0 amide bonds. The molecular weight excluding hydrogens is 282 g/mol. The fourth-order valence-electron chi connectivity index (χ4n) is 3.61. The van der Waals surface area contributed by atoms with Gasteiger partial charge in [0.2, 0.25) is 0 Å². The Balaban J connectivity index is 2.13. The number of rotatable bonds is 2. The van der Waals surface area contributed by atoms with E-state index in [4.69, 9.17) is 0 Å². The smallest absolute Gasteiger partial charge is 0.114 e. The number of hydrogen-bond acceptors (Lipinski definition) is 2.